The molecule has 6 heteroatoms. The molecule has 1 aromatic heterocycles. The van der Waals surface area contributed by atoms with E-state index in [1.54, 1.807) is 24.3 Å². The van der Waals surface area contributed by atoms with Crippen LogP contribution in [0.5, 0.6) is 0 Å². The summed E-state index contributed by atoms with van der Waals surface area (Å²) in [5.74, 6) is -1.05. The molecule has 0 aliphatic rings. The first kappa shape index (κ1) is 17.8. The van der Waals surface area contributed by atoms with Gasteiger partial charge in [-0.05, 0) is 36.3 Å². The Morgan fingerprint density at radius 1 is 1.48 bits per heavy atom. The minimum atomic E-state index is -0.556. The molecule has 0 radical (unpaired) electrons. The molecule has 0 fully saturated rings. The van der Waals surface area contributed by atoms with Crippen LogP contribution in [0, 0.1) is 11.3 Å². The van der Waals surface area contributed by atoms with Crippen molar-refractivity contribution in [3.63, 3.8) is 0 Å². The summed E-state index contributed by atoms with van der Waals surface area (Å²) in [5, 5.41) is 11.9. The average molecular weight is 335 g/mol. The van der Waals surface area contributed by atoms with Crippen LogP contribution in [0.1, 0.15) is 12.5 Å². The first-order chi connectivity index (χ1) is 12.1. The monoisotopic (exact) mass is 335 g/mol. The molecule has 126 valence electrons. The fourth-order valence-electron chi connectivity index (χ4n) is 2.06. The number of allylic oxidation sites excluding steroid dienone is 3. The van der Waals surface area contributed by atoms with Crippen molar-refractivity contribution in [1.29, 1.82) is 5.26 Å². The molecule has 1 amide bonds. The van der Waals surface area contributed by atoms with Gasteiger partial charge >= 0.3 is 5.76 Å². The Hall–Kier alpha value is -3.59. The fraction of sp³-hybridized carbons (Fsp3) is 0.105. The molecule has 0 spiro atoms. The van der Waals surface area contributed by atoms with Crippen molar-refractivity contribution in [3.8, 4) is 6.07 Å². The number of carbonyl (C=O) groups excluding carboxylic acids is 1. The van der Waals surface area contributed by atoms with Gasteiger partial charge in [0.25, 0.3) is 5.91 Å². The number of nitrogens with one attached hydrogen (secondary N) is 2. The number of rotatable bonds is 6. The predicted molar refractivity (Wildman–Crippen MR) is 96.5 cm³/mol. The highest BCUT2D eigenvalue weighted by Gasteiger charge is 2.09. The van der Waals surface area contributed by atoms with Crippen LogP contribution >= 0.6 is 0 Å². The number of hydrogen-bond acceptors (Lipinski definition) is 4. The molecular weight excluding hydrogens is 318 g/mol. The van der Waals surface area contributed by atoms with Crippen molar-refractivity contribution in [2.75, 3.05) is 6.54 Å². The first-order valence-electron chi connectivity index (χ1n) is 7.54. The number of benzene rings is 1. The van der Waals surface area contributed by atoms with Crippen molar-refractivity contribution in [3.05, 3.63) is 76.3 Å². The maximum absolute atomic E-state index is 12.2. The third-order valence-corrected chi connectivity index (χ3v) is 3.34. The Morgan fingerprint density at radius 3 is 2.96 bits per heavy atom. The van der Waals surface area contributed by atoms with E-state index in [0.29, 0.717) is 16.7 Å². The lowest BCUT2D eigenvalue weighted by Gasteiger charge is -2.05. The molecule has 1 aromatic carbocycles. The number of hydrogen-bond donors (Lipinski definition) is 2. The van der Waals surface area contributed by atoms with E-state index in [9.17, 15) is 14.9 Å². The van der Waals surface area contributed by atoms with Gasteiger partial charge in [-0.15, -0.1) is 0 Å². The second kappa shape index (κ2) is 8.31. The van der Waals surface area contributed by atoms with Crippen molar-refractivity contribution >= 4 is 23.1 Å². The van der Waals surface area contributed by atoms with E-state index >= 15 is 0 Å². The van der Waals surface area contributed by atoms with E-state index in [1.165, 1.54) is 6.08 Å². The van der Waals surface area contributed by atoms with Gasteiger partial charge in [0, 0.05) is 6.54 Å². The molecule has 0 saturated heterocycles. The summed E-state index contributed by atoms with van der Waals surface area (Å²) in [7, 11) is 0. The fourth-order valence-corrected chi connectivity index (χ4v) is 2.06. The lowest BCUT2D eigenvalue weighted by molar-refractivity contribution is -0.116. The van der Waals surface area contributed by atoms with Crippen molar-refractivity contribution < 1.29 is 9.21 Å². The Bertz CT molecular complexity index is 981. The van der Waals surface area contributed by atoms with Crippen molar-refractivity contribution in [2.24, 2.45) is 0 Å². The molecule has 25 heavy (non-hydrogen) atoms. The quantitative estimate of drug-likeness (QED) is 0.482. The molecule has 0 aliphatic heterocycles. The summed E-state index contributed by atoms with van der Waals surface area (Å²) in [6, 6.07) is 6.79. The van der Waals surface area contributed by atoms with Crippen LogP contribution in [0.3, 0.4) is 0 Å². The van der Waals surface area contributed by atoms with Gasteiger partial charge in [0.1, 0.15) is 11.6 Å². The SMILES string of the molecule is C=C/C(=C\C=C/C)CNC(=O)/C(C#N)=C/c1ccc2[nH]c(=O)oc2c1. The molecular formula is C19H17N3O3. The number of carbonyl (C=O) groups is 1. The van der Waals surface area contributed by atoms with Gasteiger partial charge in [0.15, 0.2) is 5.58 Å². The normalized spacial score (nSPS) is 12.3. The number of oxazole rings is 1. The lowest BCUT2D eigenvalue weighted by Crippen LogP contribution is -2.26. The summed E-state index contributed by atoms with van der Waals surface area (Å²) < 4.78 is 4.97. The van der Waals surface area contributed by atoms with E-state index in [1.807, 2.05) is 31.2 Å². The predicted octanol–water partition coefficient (Wildman–Crippen LogP) is 2.83. The minimum absolute atomic E-state index is 0.0494. The largest absolute Gasteiger partial charge is 0.417 e. The van der Waals surface area contributed by atoms with E-state index in [-0.39, 0.29) is 12.1 Å². The zero-order valence-electron chi connectivity index (χ0n) is 13.7. The maximum atomic E-state index is 12.2. The highest BCUT2D eigenvalue weighted by molar-refractivity contribution is 6.02. The van der Waals surface area contributed by atoms with E-state index in [0.717, 1.165) is 5.57 Å². The number of aromatic nitrogens is 1. The highest BCUT2D eigenvalue weighted by atomic mass is 16.4. The second-order valence-electron chi connectivity index (χ2n) is 5.09. The van der Waals surface area contributed by atoms with E-state index < -0.39 is 11.7 Å². The molecule has 2 aromatic rings. The summed E-state index contributed by atoms with van der Waals surface area (Å²) in [5.41, 5.74) is 2.26. The standard InChI is InChI=1S/C19H17N3O3/c1-3-5-6-13(4-2)12-21-18(23)15(11-20)9-14-7-8-16-17(10-14)25-19(24)22-16/h3-10H,2,12H2,1H3,(H,21,23)(H,22,24)/b5-3-,13-6+,15-9+. The number of nitriles is 1. The lowest BCUT2D eigenvalue weighted by atomic mass is 10.1. The summed E-state index contributed by atoms with van der Waals surface area (Å²) in [6.45, 7) is 5.83. The summed E-state index contributed by atoms with van der Waals surface area (Å²) >= 11 is 0. The molecule has 0 aliphatic carbocycles. The van der Waals surface area contributed by atoms with E-state index in [4.69, 9.17) is 4.42 Å². The smallest absolute Gasteiger partial charge is 0.408 e. The van der Waals surface area contributed by atoms with Gasteiger partial charge < -0.3 is 9.73 Å². The van der Waals surface area contributed by atoms with Gasteiger partial charge in [0.2, 0.25) is 0 Å². The first-order valence-corrected chi connectivity index (χ1v) is 7.54. The van der Waals surface area contributed by atoms with Crippen LogP contribution in [-0.4, -0.2) is 17.4 Å². The van der Waals surface area contributed by atoms with Crippen molar-refractivity contribution in [2.45, 2.75) is 6.92 Å². The molecule has 0 unspecified atom stereocenters. The molecule has 0 atom stereocenters. The van der Waals surface area contributed by atoms with Gasteiger partial charge in [0.05, 0.1) is 5.52 Å². The van der Waals surface area contributed by atoms with Crippen LogP contribution in [0.15, 0.2) is 69.4 Å². The molecule has 2 rings (SSSR count). The maximum Gasteiger partial charge on any atom is 0.417 e. The molecule has 1 heterocycles. The number of aromatic amines is 1. The van der Waals surface area contributed by atoms with Gasteiger partial charge in [-0.25, -0.2) is 4.79 Å². The minimum Gasteiger partial charge on any atom is -0.408 e. The van der Waals surface area contributed by atoms with Crippen LogP contribution in [0.4, 0.5) is 0 Å². The molecule has 6 nitrogen and oxygen atoms in total. The number of nitrogens with zero attached hydrogens (tertiary/aromatic N) is 1. The Kier molecular flexibility index (Phi) is 5.91. The third-order valence-electron chi connectivity index (χ3n) is 3.34. The van der Waals surface area contributed by atoms with Crippen LogP contribution in [0.25, 0.3) is 17.2 Å². The topological polar surface area (TPSA) is 98.9 Å². The van der Waals surface area contributed by atoms with Crippen LogP contribution in [0.2, 0.25) is 0 Å². The van der Waals surface area contributed by atoms with Gasteiger partial charge in [-0.1, -0.05) is 36.9 Å². The third kappa shape index (κ3) is 4.69. The Balaban J connectivity index is 2.17. The molecule has 0 saturated carbocycles. The zero-order valence-corrected chi connectivity index (χ0v) is 13.7. The van der Waals surface area contributed by atoms with Crippen molar-refractivity contribution in [1.82, 2.24) is 10.3 Å². The van der Waals surface area contributed by atoms with E-state index in [2.05, 4.69) is 16.9 Å². The highest BCUT2D eigenvalue weighted by Crippen LogP contribution is 2.15. The van der Waals surface area contributed by atoms with Gasteiger partial charge in [-0.2, -0.15) is 5.26 Å². The molecule has 0 bridgehead atoms. The number of H-pyrrole nitrogens is 1. The zero-order chi connectivity index (χ0) is 18.2. The average Bonchev–Trinajstić information content (AvgIpc) is 2.98. The summed E-state index contributed by atoms with van der Waals surface area (Å²) in [6.07, 6.45) is 8.60. The van der Waals surface area contributed by atoms with Crippen LogP contribution in [-0.2, 0) is 4.79 Å². The number of fused-ring (bicyclic) bond motifs is 1. The number of amides is 1. The van der Waals surface area contributed by atoms with Crippen LogP contribution < -0.4 is 11.1 Å². The molecule has 2 N–H and O–H groups in total. The second-order valence-corrected chi connectivity index (χ2v) is 5.09. The Morgan fingerprint density at radius 2 is 2.28 bits per heavy atom. The summed E-state index contributed by atoms with van der Waals surface area (Å²) in [4.78, 5) is 25.9. The van der Waals surface area contributed by atoms with Gasteiger partial charge in [-0.3, -0.25) is 9.78 Å². The Labute approximate surface area is 144 Å².